The van der Waals surface area contributed by atoms with Crippen LogP contribution in [0, 0.1) is 6.92 Å². The SMILES string of the molecule is Cc1cc(/N=N/c2ccccc2)c(N)cc1O. The van der Waals surface area contributed by atoms with Crippen LogP contribution in [0.15, 0.2) is 52.7 Å². The van der Waals surface area contributed by atoms with Gasteiger partial charge in [-0.15, -0.1) is 5.11 Å². The van der Waals surface area contributed by atoms with Crippen molar-refractivity contribution in [2.45, 2.75) is 6.92 Å². The van der Waals surface area contributed by atoms with Gasteiger partial charge in [0.05, 0.1) is 11.4 Å². The van der Waals surface area contributed by atoms with Gasteiger partial charge < -0.3 is 10.8 Å². The molecule has 0 saturated carbocycles. The van der Waals surface area contributed by atoms with Gasteiger partial charge in [0.25, 0.3) is 0 Å². The van der Waals surface area contributed by atoms with Crippen molar-refractivity contribution < 1.29 is 5.11 Å². The summed E-state index contributed by atoms with van der Waals surface area (Å²) in [5.74, 6) is 0.168. The van der Waals surface area contributed by atoms with Crippen molar-refractivity contribution in [3.63, 3.8) is 0 Å². The standard InChI is InChI=1S/C13H13N3O/c1-9-7-12(11(14)8-13(9)17)16-15-10-5-3-2-4-6-10/h2-8,17H,14H2,1H3/b16-15+. The Morgan fingerprint density at radius 1 is 1.06 bits per heavy atom. The summed E-state index contributed by atoms with van der Waals surface area (Å²) in [5.41, 5.74) is 8.20. The van der Waals surface area contributed by atoms with Crippen LogP contribution in [-0.2, 0) is 0 Å². The zero-order valence-corrected chi connectivity index (χ0v) is 9.46. The summed E-state index contributed by atoms with van der Waals surface area (Å²) in [6.45, 7) is 1.79. The lowest BCUT2D eigenvalue weighted by atomic mass is 10.2. The molecule has 0 atom stereocenters. The van der Waals surface area contributed by atoms with E-state index in [0.29, 0.717) is 11.4 Å². The van der Waals surface area contributed by atoms with Crippen molar-refractivity contribution >= 4 is 17.1 Å². The zero-order chi connectivity index (χ0) is 12.3. The number of nitrogens with zero attached hydrogens (tertiary/aromatic N) is 2. The van der Waals surface area contributed by atoms with Gasteiger partial charge >= 0.3 is 0 Å². The molecule has 3 N–H and O–H groups in total. The number of hydrogen-bond acceptors (Lipinski definition) is 4. The van der Waals surface area contributed by atoms with E-state index in [9.17, 15) is 5.11 Å². The van der Waals surface area contributed by atoms with E-state index in [0.717, 1.165) is 11.3 Å². The van der Waals surface area contributed by atoms with Crippen LogP contribution >= 0.6 is 0 Å². The maximum absolute atomic E-state index is 9.46. The summed E-state index contributed by atoms with van der Waals surface area (Å²) >= 11 is 0. The van der Waals surface area contributed by atoms with Gasteiger partial charge in [-0.3, -0.25) is 0 Å². The number of anilines is 1. The maximum Gasteiger partial charge on any atom is 0.120 e. The number of hydrogen-bond donors (Lipinski definition) is 2. The second-order valence-electron chi connectivity index (χ2n) is 3.73. The van der Waals surface area contributed by atoms with Gasteiger partial charge in [-0.1, -0.05) is 18.2 Å². The highest BCUT2D eigenvalue weighted by Crippen LogP contribution is 2.30. The first kappa shape index (κ1) is 11.1. The number of aromatic hydroxyl groups is 1. The van der Waals surface area contributed by atoms with Crippen LogP contribution in [0.5, 0.6) is 5.75 Å². The number of nitrogens with two attached hydrogens (primary N) is 1. The zero-order valence-electron chi connectivity index (χ0n) is 9.46. The van der Waals surface area contributed by atoms with Gasteiger partial charge in [-0.2, -0.15) is 5.11 Å². The molecular weight excluding hydrogens is 214 g/mol. The summed E-state index contributed by atoms with van der Waals surface area (Å²) in [6.07, 6.45) is 0. The van der Waals surface area contributed by atoms with Crippen molar-refractivity contribution in [1.82, 2.24) is 0 Å². The summed E-state index contributed by atoms with van der Waals surface area (Å²) in [5, 5.41) is 17.6. The van der Waals surface area contributed by atoms with Crippen LogP contribution in [0.3, 0.4) is 0 Å². The lowest BCUT2D eigenvalue weighted by Crippen LogP contribution is -1.86. The average molecular weight is 227 g/mol. The van der Waals surface area contributed by atoms with E-state index in [-0.39, 0.29) is 5.75 Å². The number of rotatable bonds is 2. The van der Waals surface area contributed by atoms with Gasteiger partial charge in [-0.05, 0) is 30.7 Å². The lowest BCUT2D eigenvalue weighted by Gasteiger charge is -2.03. The minimum absolute atomic E-state index is 0.168. The van der Waals surface area contributed by atoms with Crippen molar-refractivity contribution in [1.29, 1.82) is 0 Å². The third kappa shape index (κ3) is 2.60. The molecular formula is C13H13N3O. The number of nitrogen functional groups attached to an aromatic ring is 1. The van der Waals surface area contributed by atoms with Crippen LogP contribution in [0.1, 0.15) is 5.56 Å². The average Bonchev–Trinajstić information content (AvgIpc) is 2.33. The van der Waals surface area contributed by atoms with Crippen molar-refractivity contribution in [3.05, 3.63) is 48.0 Å². The summed E-state index contributed by atoms with van der Waals surface area (Å²) in [6, 6.07) is 12.6. The van der Waals surface area contributed by atoms with Gasteiger partial charge in [0, 0.05) is 6.07 Å². The molecule has 0 aliphatic heterocycles. The van der Waals surface area contributed by atoms with Gasteiger partial charge in [0.1, 0.15) is 11.4 Å². The third-order valence-electron chi connectivity index (χ3n) is 2.37. The Kier molecular flexibility index (Phi) is 3.05. The molecule has 2 aromatic rings. The summed E-state index contributed by atoms with van der Waals surface area (Å²) in [4.78, 5) is 0. The summed E-state index contributed by atoms with van der Waals surface area (Å²) in [7, 11) is 0. The van der Waals surface area contributed by atoms with Gasteiger partial charge in [-0.25, -0.2) is 0 Å². The minimum Gasteiger partial charge on any atom is -0.508 e. The smallest absolute Gasteiger partial charge is 0.120 e. The van der Waals surface area contributed by atoms with Crippen LogP contribution in [0.4, 0.5) is 17.1 Å². The number of benzene rings is 2. The highest BCUT2D eigenvalue weighted by atomic mass is 16.3. The lowest BCUT2D eigenvalue weighted by molar-refractivity contribution is 0.471. The molecule has 0 aliphatic rings. The molecule has 2 rings (SSSR count). The first-order valence-electron chi connectivity index (χ1n) is 5.22. The Labute approximate surface area is 99.4 Å². The molecule has 2 aromatic carbocycles. The van der Waals surface area contributed by atoms with Crippen LogP contribution in [0.2, 0.25) is 0 Å². The van der Waals surface area contributed by atoms with E-state index in [2.05, 4.69) is 10.2 Å². The molecule has 17 heavy (non-hydrogen) atoms. The first-order valence-corrected chi connectivity index (χ1v) is 5.22. The van der Waals surface area contributed by atoms with E-state index < -0.39 is 0 Å². The van der Waals surface area contributed by atoms with Gasteiger partial charge in [0.15, 0.2) is 0 Å². The maximum atomic E-state index is 9.46. The highest BCUT2D eigenvalue weighted by Gasteiger charge is 2.03. The Bertz CT molecular complexity index is 550. The van der Waals surface area contributed by atoms with Crippen molar-refractivity contribution in [3.8, 4) is 5.75 Å². The number of phenolic OH excluding ortho intramolecular Hbond substituents is 1. The molecule has 86 valence electrons. The predicted molar refractivity (Wildman–Crippen MR) is 67.9 cm³/mol. The minimum atomic E-state index is 0.168. The Hall–Kier alpha value is -2.36. The Morgan fingerprint density at radius 2 is 1.76 bits per heavy atom. The van der Waals surface area contributed by atoms with Crippen LogP contribution in [0.25, 0.3) is 0 Å². The molecule has 0 spiro atoms. The molecule has 0 saturated heterocycles. The van der Waals surface area contributed by atoms with Crippen LogP contribution < -0.4 is 5.73 Å². The largest absolute Gasteiger partial charge is 0.508 e. The van der Waals surface area contributed by atoms with E-state index in [4.69, 9.17) is 5.73 Å². The van der Waals surface area contributed by atoms with E-state index >= 15 is 0 Å². The van der Waals surface area contributed by atoms with Gasteiger partial charge in [0.2, 0.25) is 0 Å². The quantitative estimate of drug-likeness (QED) is 0.606. The van der Waals surface area contributed by atoms with E-state index in [1.807, 2.05) is 30.3 Å². The van der Waals surface area contributed by atoms with Crippen LogP contribution in [-0.4, -0.2) is 5.11 Å². The number of phenols is 1. The molecule has 0 aromatic heterocycles. The normalized spacial score (nSPS) is 10.9. The van der Waals surface area contributed by atoms with E-state index in [1.165, 1.54) is 6.07 Å². The topological polar surface area (TPSA) is 71.0 Å². The molecule has 4 heteroatoms. The Balaban J connectivity index is 2.31. The number of azo groups is 1. The predicted octanol–water partition coefficient (Wildman–Crippen LogP) is 3.70. The molecule has 0 unspecified atom stereocenters. The third-order valence-corrected chi connectivity index (χ3v) is 2.37. The molecule has 0 heterocycles. The second-order valence-corrected chi connectivity index (χ2v) is 3.73. The fourth-order valence-corrected chi connectivity index (χ4v) is 1.39. The fourth-order valence-electron chi connectivity index (χ4n) is 1.39. The molecule has 0 bridgehead atoms. The van der Waals surface area contributed by atoms with Crippen molar-refractivity contribution in [2.75, 3.05) is 5.73 Å². The fraction of sp³-hybridized carbons (Fsp3) is 0.0769. The molecule has 0 aliphatic carbocycles. The monoisotopic (exact) mass is 227 g/mol. The molecule has 0 fully saturated rings. The van der Waals surface area contributed by atoms with E-state index in [1.54, 1.807) is 13.0 Å². The number of aryl methyl sites for hydroxylation is 1. The summed E-state index contributed by atoms with van der Waals surface area (Å²) < 4.78 is 0. The molecule has 4 nitrogen and oxygen atoms in total. The molecule has 0 radical (unpaired) electrons. The first-order chi connectivity index (χ1) is 8.16. The highest BCUT2D eigenvalue weighted by molar-refractivity contribution is 5.66. The van der Waals surface area contributed by atoms with Crippen molar-refractivity contribution in [2.24, 2.45) is 10.2 Å². The molecule has 0 amide bonds. The second kappa shape index (κ2) is 4.65. The Morgan fingerprint density at radius 3 is 2.47 bits per heavy atom.